The fraction of sp³-hybridized carbons (Fsp3) is 0.562. The van der Waals surface area contributed by atoms with Gasteiger partial charge in [0.25, 0.3) is 0 Å². The summed E-state index contributed by atoms with van der Waals surface area (Å²) in [5.74, 6) is -0.218. The van der Waals surface area contributed by atoms with Gasteiger partial charge in [-0.3, -0.25) is 10.1 Å². The van der Waals surface area contributed by atoms with Crippen molar-refractivity contribution < 1.29 is 9.18 Å². The Kier molecular flexibility index (Phi) is 4.94. The van der Waals surface area contributed by atoms with Crippen LogP contribution in [0, 0.1) is 5.82 Å². The molecule has 21 heavy (non-hydrogen) atoms. The molecular weight excluding hydrogens is 287 g/mol. The van der Waals surface area contributed by atoms with Gasteiger partial charge in [0, 0.05) is 17.4 Å². The molecule has 1 amide bonds. The van der Waals surface area contributed by atoms with E-state index in [9.17, 15) is 9.18 Å². The van der Waals surface area contributed by atoms with Gasteiger partial charge < -0.3 is 4.90 Å². The third kappa shape index (κ3) is 3.09. The molecule has 116 valence electrons. The Morgan fingerprint density at radius 1 is 1.48 bits per heavy atom. The summed E-state index contributed by atoms with van der Waals surface area (Å²) in [4.78, 5) is 14.5. The minimum atomic E-state index is -0.620. The highest BCUT2D eigenvalue weighted by molar-refractivity contribution is 7.99. The lowest BCUT2D eigenvalue weighted by Crippen LogP contribution is -2.43. The molecule has 1 saturated heterocycles. The van der Waals surface area contributed by atoms with Gasteiger partial charge in [0.05, 0.1) is 5.54 Å². The van der Waals surface area contributed by atoms with E-state index in [1.54, 1.807) is 28.8 Å². The Bertz CT molecular complexity index is 525. The van der Waals surface area contributed by atoms with Crippen LogP contribution in [0.4, 0.5) is 4.39 Å². The Labute approximate surface area is 130 Å². The maximum absolute atomic E-state index is 14.1. The summed E-state index contributed by atoms with van der Waals surface area (Å²) in [6.45, 7) is 6.57. The van der Waals surface area contributed by atoms with Gasteiger partial charge in [0.1, 0.15) is 12.0 Å². The molecule has 0 saturated carbocycles. The van der Waals surface area contributed by atoms with Crippen LogP contribution in [-0.4, -0.2) is 34.4 Å². The first-order valence-corrected chi connectivity index (χ1v) is 8.57. The maximum Gasteiger partial charge on any atom is 0.244 e. The second-order valence-electron chi connectivity index (χ2n) is 5.76. The first-order valence-electron chi connectivity index (χ1n) is 7.29. The van der Waals surface area contributed by atoms with Crippen molar-refractivity contribution >= 4 is 17.7 Å². The maximum atomic E-state index is 14.1. The van der Waals surface area contributed by atoms with Gasteiger partial charge in [-0.15, -0.1) is 0 Å². The third-order valence-electron chi connectivity index (χ3n) is 4.26. The number of carbonyl (C=O) groups excluding carboxylic acids is 1. The Morgan fingerprint density at radius 2 is 2.14 bits per heavy atom. The van der Waals surface area contributed by atoms with Crippen LogP contribution in [0.2, 0.25) is 0 Å². The second kappa shape index (κ2) is 6.36. The number of amides is 1. The molecule has 1 aromatic carbocycles. The number of thioether (sulfide) groups is 1. The highest BCUT2D eigenvalue weighted by Crippen LogP contribution is 2.34. The van der Waals surface area contributed by atoms with E-state index in [4.69, 9.17) is 0 Å². The summed E-state index contributed by atoms with van der Waals surface area (Å²) in [6, 6.07) is 6.67. The van der Waals surface area contributed by atoms with E-state index in [0.29, 0.717) is 23.8 Å². The SMILES string of the molecule is CCC1(C)NC(c2ccccc2F)N(CC(C)SC)C1=O. The van der Waals surface area contributed by atoms with E-state index >= 15 is 0 Å². The van der Waals surface area contributed by atoms with Crippen LogP contribution in [-0.2, 0) is 4.79 Å². The van der Waals surface area contributed by atoms with Crippen molar-refractivity contribution in [1.29, 1.82) is 0 Å². The van der Waals surface area contributed by atoms with E-state index in [-0.39, 0.29) is 11.7 Å². The molecule has 1 heterocycles. The van der Waals surface area contributed by atoms with Crippen LogP contribution < -0.4 is 5.32 Å². The van der Waals surface area contributed by atoms with E-state index in [0.717, 1.165) is 0 Å². The third-order valence-corrected chi connectivity index (χ3v) is 5.22. The van der Waals surface area contributed by atoms with Crippen LogP contribution in [0.15, 0.2) is 24.3 Å². The highest BCUT2D eigenvalue weighted by atomic mass is 32.2. The second-order valence-corrected chi connectivity index (χ2v) is 7.03. The molecule has 2 rings (SSSR count). The molecular formula is C16H23FN2OS. The van der Waals surface area contributed by atoms with Crippen molar-refractivity contribution in [2.45, 2.75) is 44.1 Å². The monoisotopic (exact) mass is 310 g/mol. The molecule has 0 radical (unpaired) electrons. The van der Waals surface area contributed by atoms with Gasteiger partial charge in [-0.05, 0) is 25.7 Å². The normalized spacial score (nSPS) is 27.2. The van der Waals surface area contributed by atoms with Crippen molar-refractivity contribution in [3.63, 3.8) is 0 Å². The molecule has 1 aliphatic rings. The van der Waals surface area contributed by atoms with Crippen LogP contribution in [0.5, 0.6) is 0 Å². The van der Waals surface area contributed by atoms with Crippen LogP contribution >= 0.6 is 11.8 Å². The Balaban J connectivity index is 2.37. The first kappa shape index (κ1) is 16.3. The zero-order valence-electron chi connectivity index (χ0n) is 13.0. The number of rotatable bonds is 5. The number of benzene rings is 1. The fourth-order valence-electron chi connectivity index (χ4n) is 2.61. The predicted octanol–water partition coefficient (Wildman–Crippen LogP) is 3.18. The van der Waals surface area contributed by atoms with E-state index in [2.05, 4.69) is 12.2 Å². The molecule has 1 aliphatic heterocycles. The average Bonchev–Trinajstić information content (AvgIpc) is 2.73. The van der Waals surface area contributed by atoms with E-state index in [1.165, 1.54) is 6.07 Å². The molecule has 3 nitrogen and oxygen atoms in total. The number of nitrogens with zero attached hydrogens (tertiary/aromatic N) is 1. The molecule has 3 unspecified atom stereocenters. The number of hydrogen-bond acceptors (Lipinski definition) is 3. The van der Waals surface area contributed by atoms with E-state index < -0.39 is 11.7 Å². The summed E-state index contributed by atoms with van der Waals surface area (Å²) in [5.41, 5.74) is -0.0817. The van der Waals surface area contributed by atoms with Gasteiger partial charge in [0.15, 0.2) is 0 Å². The smallest absolute Gasteiger partial charge is 0.244 e. The topological polar surface area (TPSA) is 32.3 Å². The number of carbonyl (C=O) groups is 1. The van der Waals surface area contributed by atoms with Gasteiger partial charge in [-0.1, -0.05) is 32.0 Å². The van der Waals surface area contributed by atoms with Crippen LogP contribution in [0.3, 0.4) is 0 Å². The van der Waals surface area contributed by atoms with Crippen molar-refractivity contribution in [3.05, 3.63) is 35.6 Å². The number of halogens is 1. The molecule has 1 N–H and O–H groups in total. The predicted molar refractivity (Wildman–Crippen MR) is 85.7 cm³/mol. The molecule has 1 fully saturated rings. The van der Waals surface area contributed by atoms with Gasteiger partial charge in [-0.25, -0.2) is 4.39 Å². The first-order chi connectivity index (χ1) is 9.92. The molecule has 1 aromatic rings. The summed E-state index contributed by atoms with van der Waals surface area (Å²) < 4.78 is 14.1. The molecule has 0 spiro atoms. The standard InChI is InChI=1S/C16H23FN2OS/c1-5-16(3)15(20)19(10-11(2)21-4)14(18-16)12-8-6-7-9-13(12)17/h6-9,11,14,18H,5,10H2,1-4H3. The molecule has 3 atom stereocenters. The quantitative estimate of drug-likeness (QED) is 0.906. The largest absolute Gasteiger partial charge is 0.320 e. The Morgan fingerprint density at radius 3 is 2.71 bits per heavy atom. The molecule has 0 aliphatic carbocycles. The zero-order valence-corrected chi connectivity index (χ0v) is 13.8. The lowest BCUT2D eigenvalue weighted by atomic mass is 9.99. The van der Waals surface area contributed by atoms with E-state index in [1.807, 2.05) is 26.2 Å². The van der Waals surface area contributed by atoms with Crippen LogP contribution in [0.1, 0.15) is 38.9 Å². The summed E-state index contributed by atoms with van der Waals surface area (Å²) in [7, 11) is 0. The number of hydrogen-bond donors (Lipinski definition) is 1. The zero-order chi connectivity index (χ0) is 15.6. The van der Waals surface area contributed by atoms with Crippen LogP contribution in [0.25, 0.3) is 0 Å². The molecule has 0 bridgehead atoms. The minimum absolute atomic E-state index is 0.0548. The van der Waals surface area contributed by atoms with Crippen molar-refractivity contribution in [3.8, 4) is 0 Å². The Hall–Kier alpha value is -1.07. The van der Waals surface area contributed by atoms with Crippen molar-refractivity contribution in [2.75, 3.05) is 12.8 Å². The lowest BCUT2D eigenvalue weighted by molar-refractivity contribution is -0.133. The molecule has 0 aromatic heterocycles. The van der Waals surface area contributed by atoms with Gasteiger partial charge >= 0.3 is 0 Å². The minimum Gasteiger partial charge on any atom is -0.320 e. The fourth-order valence-corrected chi connectivity index (χ4v) is 2.92. The number of nitrogens with one attached hydrogen (secondary N) is 1. The van der Waals surface area contributed by atoms with Gasteiger partial charge in [-0.2, -0.15) is 11.8 Å². The average molecular weight is 310 g/mol. The lowest BCUT2D eigenvalue weighted by Gasteiger charge is -2.27. The summed E-state index contributed by atoms with van der Waals surface area (Å²) in [6.07, 6.45) is 2.31. The van der Waals surface area contributed by atoms with Gasteiger partial charge in [0.2, 0.25) is 5.91 Å². The highest BCUT2D eigenvalue weighted by Gasteiger charge is 2.47. The van der Waals surface area contributed by atoms with Crippen molar-refractivity contribution in [2.24, 2.45) is 0 Å². The molecule has 5 heteroatoms. The summed E-state index contributed by atoms with van der Waals surface area (Å²) in [5, 5.41) is 3.64. The van der Waals surface area contributed by atoms with Crippen molar-refractivity contribution in [1.82, 2.24) is 10.2 Å². The summed E-state index contributed by atoms with van der Waals surface area (Å²) >= 11 is 1.71.